The average molecular weight is 287 g/mol. The Balaban J connectivity index is 2.02. The minimum Gasteiger partial charge on any atom is -0.330 e. The van der Waals surface area contributed by atoms with Gasteiger partial charge < -0.3 is 4.90 Å². The maximum absolute atomic E-state index is 13.6. The molecule has 0 aromatic heterocycles. The number of benzene rings is 1. The first-order valence-corrected chi connectivity index (χ1v) is 7.23. The van der Waals surface area contributed by atoms with Gasteiger partial charge >= 0.3 is 0 Å². The Bertz CT molecular complexity index is 624. The second kappa shape index (κ2) is 5.39. The van der Waals surface area contributed by atoms with Crippen molar-refractivity contribution in [2.24, 2.45) is 15.9 Å². The summed E-state index contributed by atoms with van der Waals surface area (Å²) in [6, 6.07) is 6.12. The summed E-state index contributed by atoms with van der Waals surface area (Å²) in [4.78, 5) is 23.0. The molecule has 1 fully saturated rings. The first-order valence-electron chi connectivity index (χ1n) is 7.23. The summed E-state index contributed by atoms with van der Waals surface area (Å²) in [6.07, 6.45) is 2.33. The molecule has 3 rings (SSSR count). The Morgan fingerprint density at radius 2 is 2.24 bits per heavy atom. The number of amides is 1. The van der Waals surface area contributed by atoms with Crippen LogP contribution in [0, 0.1) is 11.7 Å². The molecular formula is C16H18FN3O. The molecule has 21 heavy (non-hydrogen) atoms. The smallest absolute Gasteiger partial charge is 0.225 e. The van der Waals surface area contributed by atoms with Crippen LogP contribution in [-0.2, 0) is 4.79 Å². The highest BCUT2D eigenvalue weighted by molar-refractivity contribution is 6.05. The van der Waals surface area contributed by atoms with Crippen molar-refractivity contribution < 1.29 is 9.18 Å². The zero-order valence-corrected chi connectivity index (χ0v) is 12.2. The summed E-state index contributed by atoms with van der Waals surface area (Å²) in [7, 11) is 0. The van der Waals surface area contributed by atoms with Gasteiger partial charge in [-0.15, -0.1) is 0 Å². The Hall–Kier alpha value is -2.04. The van der Waals surface area contributed by atoms with Crippen molar-refractivity contribution in [3.63, 3.8) is 0 Å². The van der Waals surface area contributed by atoms with Gasteiger partial charge in [0.25, 0.3) is 0 Å². The topological polar surface area (TPSA) is 45.0 Å². The van der Waals surface area contributed by atoms with E-state index in [0.717, 1.165) is 17.7 Å². The number of rotatable bonds is 2. The first kappa shape index (κ1) is 13.9. The van der Waals surface area contributed by atoms with Crippen molar-refractivity contribution in [1.82, 2.24) is 4.90 Å². The number of fused-ring (bicyclic) bond motifs is 1. The highest BCUT2D eigenvalue weighted by Crippen LogP contribution is 2.33. The lowest BCUT2D eigenvalue weighted by molar-refractivity contribution is -0.136. The molecule has 0 radical (unpaired) electrons. The van der Waals surface area contributed by atoms with Crippen molar-refractivity contribution in [3.05, 3.63) is 35.6 Å². The molecule has 2 atom stereocenters. The van der Waals surface area contributed by atoms with Crippen LogP contribution in [-0.4, -0.2) is 35.4 Å². The number of nitrogens with zero attached hydrogens (tertiary/aromatic N) is 3. The Morgan fingerprint density at radius 3 is 2.95 bits per heavy atom. The molecule has 2 aliphatic rings. The molecule has 2 heterocycles. The lowest BCUT2D eigenvalue weighted by Crippen LogP contribution is -2.48. The molecule has 0 bridgehead atoms. The van der Waals surface area contributed by atoms with E-state index in [1.165, 1.54) is 12.1 Å². The van der Waals surface area contributed by atoms with E-state index in [1.807, 2.05) is 24.8 Å². The fourth-order valence-corrected chi connectivity index (χ4v) is 2.96. The van der Waals surface area contributed by atoms with Gasteiger partial charge in [-0.3, -0.25) is 9.79 Å². The Kier molecular flexibility index (Phi) is 3.57. The van der Waals surface area contributed by atoms with Gasteiger partial charge in [0.15, 0.2) is 0 Å². The van der Waals surface area contributed by atoms with Gasteiger partial charge in [0, 0.05) is 12.5 Å². The SMILES string of the molecule is CC(C)C(=O)N1CCC2N=CN=C2C1c1cccc(F)c1. The Morgan fingerprint density at radius 1 is 1.43 bits per heavy atom. The van der Waals surface area contributed by atoms with Crippen molar-refractivity contribution in [3.8, 4) is 0 Å². The van der Waals surface area contributed by atoms with Crippen molar-refractivity contribution >= 4 is 18.0 Å². The van der Waals surface area contributed by atoms with E-state index in [1.54, 1.807) is 12.4 Å². The fourth-order valence-electron chi connectivity index (χ4n) is 2.96. The lowest BCUT2D eigenvalue weighted by atomic mass is 9.89. The van der Waals surface area contributed by atoms with E-state index in [4.69, 9.17) is 0 Å². The van der Waals surface area contributed by atoms with Crippen molar-refractivity contribution in [1.29, 1.82) is 0 Å². The van der Waals surface area contributed by atoms with Gasteiger partial charge in [-0.25, -0.2) is 9.38 Å². The van der Waals surface area contributed by atoms with Crippen LogP contribution in [0.4, 0.5) is 4.39 Å². The predicted octanol–water partition coefficient (Wildman–Crippen LogP) is 2.61. The predicted molar refractivity (Wildman–Crippen MR) is 80.0 cm³/mol. The molecule has 0 aliphatic carbocycles. The molecule has 0 saturated carbocycles. The summed E-state index contributed by atoms with van der Waals surface area (Å²) in [5.74, 6) is -0.330. The standard InChI is InChI=1S/C16H18FN3O/c1-10(2)16(21)20-7-6-13-14(19-9-18-13)15(20)11-4-3-5-12(17)8-11/h3-5,8-10,13,15H,6-7H2,1-2H3. The number of carbonyl (C=O) groups excluding carboxylic acids is 1. The highest BCUT2D eigenvalue weighted by atomic mass is 19.1. The fraction of sp³-hybridized carbons (Fsp3) is 0.438. The van der Waals surface area contributed by atoms with Crippen LogP contribution in [0.3, 0.4) is 0 Å². The second-order valence-electron chi connectivity index (χ2n) is 5.77. The number of halogens is 1. The third-order valence-electron chi connectivity index (χ3n) is 3.97. The summed E-state index contributed by atoms with van der Waals surface area (Å²) in [6.45, 7) is 4.38. The average Bonchev–Trinajstić information content (AvgIpc) is 2.93. The third kappa shape index (κ3) is 2.48. The third-order valence-corrected chi connectivity index (χ3v) is 3.97. The largest absolute Gasteiger partial charge is 0.330 e. The maximum atomic E-state index is 13.6. The van der Waals surface area contributed by atoms with Crippen molar-refractivity contribution in [2.75, 3.05) is 6.54 Å². The number of hydrogen-bond acceptors (Lipinski definition) is 3. The van der Waals surface area contributed by atoms with Crippen LogP contribution in [0.5, 0.6) is 0 Å². The zero-order chi connectivity index (χ0) is 15.0. The van der Waals surface area contributed by atoms with Gasteiger partial charge in [0.2, 0.25) is 5.91 Å². The summed E-state index contributed by atoms with van der Waals surface area (Å²) < 4.78 is 13.6. The molecule has 1 aromatic rings. The van der Waals surface area contributed by atoms with Crippen LogP contribution in [0.15, 0.2) is 34.3 Å². The van der Waals surface area contributed by atoms with Crippen LogP contribution < -0.4 is 0 Å². The molecule has 110 valence electrons. The highest BCUT2D eigenvalue weighted by Gasteiger charge is 2.39. The molecule has 1 saturated heterocycles. The van der Waals surface area contributed by atoms with E-state index >= 15 is 0 Å². The van der Waals surface area contributed by atoms with Crippen LogP contribution in [0.25, 0.3) is 0 Å². The number of hydrogen-bond donors (Lipinski definition) is 0. The Labute approximate surface area is 123 Å². The van der Waals surface area contributed by atoms with Gasteiger partial charge in [0.1, 0.15) is 12.2 Å². The van der Waals surface area contributed by atoms with Gasteiger partial charge in [-0.1, -0.05) is 26.0 Å². The van der Waals surface area contributed by atoms with E-state index in [0.29, 0.717) is 6.54 Å². The molecule has 1 aromatic carbocycles. The molecular weight excluding hydrogens is 269 g/mol. The normalized spacial score (nSPS) is 24.2. The number of piperidine rings is 1. The monoisotopic (exact) mass is 287 g/mol. The molecule has 0 N–H and O–H groups in total. The first-order chi connectivity index (χ1) is 10.1. The van der Waals surface area contributed by atoms with Crippen LogP contribution >= 0.6 is 0 Å². The quantitative estimate of drug-likeness (QED) is 0.824. The maximum Gasteiger partial charge on any atom is 0.225 e. The molecule has 2 aliphatic heterocycles. The number of carbonyl (C=O) groups is 1. The molecule has 0 spiro atoms. The molecule has 2 unspecified atom stereocenters. The number of likely N-dealkylation sites (tertiary alicyclic amines) is 1. The van der Waals surface area contributed by atoms with E-state index in [9.17, 15) is 9.18 Å². The summed E-state index contributed by atoms with van der Waals surface area (Å²) >= 11 is 0. The zero-order valence-electron chi connectivity index (χ0n) is 12.2. The van der Waals surface area contributed by atoms with E-state index in [-0.39, 0.29) is 29.7 Å². The van der Waals surface area contributed by atoms with Gasteiger partial charge in [-0.05, 0) is 24.1 Å². The van der Waals surface area contributed by atoms with Gasteiger partial charge in [-0.2, -0.15) is 0 Å². The number of aliphatic imine (C=N–C) groups is 2. The summed E-state index contributed by atoms with van der Waals surface area (Å²) in [5, 5.41) is 0. The molecule has 1 amide bonds. The van der Waals surface area contributed by atoms with Crippen LogP contribution in [0.1, 0.15) is 31.9 Å². The second-order valence-corrected chi connectivity index (χ2v) is 5.77. The van der Waals surface area contributed by atoms with Crippen LogP contribution in [0.2, 0.25) is 0 Å². The molecule has 5 heteroatoms. The lowest BCUT2D eigenvalue weighted by Gasteiger charge is -2.39. The minimum absolute atomic E-state index is 0.0227. The van der Waals surface area contributed by atoms with Crippen molar-refractivity contribution in [2.45, 2.75) is 32.4 Å². The molecule has 4 nitrogen and oxygen atoms in total. The van der Waals surface area contributed by atoms with E-state index in [2.05, 4.69) is 9.98 Å². The summed E-state index contributed by atoms with van der Waals surface area (Å²) in [5.41, 5.74) is 1.61. The van der Waals surface area contributed by atoms with Gasteiger partial charge in [0.05, 0.1) is 17.8 Å². The minimum atomic E-state index is -0.308. The van der Waals surface area contributed by atoms with E-state index < -0.39 is 0 Å².